The van der Waals surface area contributed by atoms with Crippen molar-refractivity contribution in [2.24, 2.45) is 5.73 Å². The third-order valence-corrected chi connectivity index (χ3v) is 6.87. The number of primary amides is 1. The molecule has 2 amide bonds. The number of thioether (sulfide) groups is 1. The van der Waals surface area contributed by atoms with E-state index in [0.29, 0.717) is 25.9 Å². The van der Waals surface area contributed by atoms with E-state index in [-0.39, 0.29) is 24.6 Å². The number of nitrogens with two attached hydrogens (primary N) is 1. The number of carbonyl (C=O) groups is 2. The normalized spacial score (nSPS) is 10.6. The monoisotopic (exact) mass is 491 g/mol. The fraction of sp³-hybridized carbons (Fsp3) is 0.238. The van der Waals surface area contributed by atoms with Crippen LogP contribution in [-0.2, 0) is 9.59 Å². The lowest BCUT2D eigenvalue weighted by Gasteiger charge is -2.22. The second-order valence-electron chi connectivity index (χ2n) is 6.66. The number of halogens is 1. The van der Waals surface area contributed by atoms with Crippen molar-refractivity contribution < 1.29 is 14.3 Å². The minimum atomic E-state index is -0.472. The largest absolute Gasteiger partial charge is 0.497 e. The molecule has 0 aliphatic rings. The van der Waals surface area contributed by atoms with Crippen LogP contribution in [0.2, 0.25) is 5.02 Å². The van der Waals surface area contributed by atoms with Crippen molar-refractivity contribution in [3.8, 4) is 5.75 Å². The van der Waals surface area contributed by atoms with Gasteiger partial charge in [0.25, 0.3) is 0 Å². The quantitative estimate of drug-likeness (QED) is 0.408. The molecule has 2 aromatic carbocycles. The van der Waals surface area contributed by atoms with E-state index in [0.717, 1.165) is 11.3 Å². The lowest BCUT2D eigenvalue weighted by atomic mass is 10.2. The Kier molecular flexibility index (Phi) is 8.32. The first-order valence-electron chi connectivity index (χ1n) is 9.58. The van der Waals surface area contributed by atoms with E-state index < -0.39 is 5.91 Å². The molecule has 3 rings (SSSR count). The molecule has 0 unspecified atom stereocenters. The number of rotatable bonds is 10. The number of carbonyl (C=O) groups excluding carboxylic acids is 2. The van der Waals surface area contributed by atoms with Crippen LogP contribution in [0.15, 0.2) is 46.8 Å². The van der Waals surface area contributed by atoms with Crippen LogP contribution in [0.5, 0.6) is 5.75 Å². The molecule has 32 heavy (non-hydrogen) atoms. The van der Waals surface area contributed by atoms with E-state index in [1.165, 1.54) is 28.0 Å². The third kappa shape index (κ3) is 6.35. The first kappa shape index (κ1) is 23.8. The summed E-state index contributed by atoms with van der Waals surface area (Å²) >= 11 is 8.78. The SMILES string of the molecule is COc1ccc(N(CCC(N)=O)C(=O)CSc2nnc(Nc3cccc(Cl)c3C)s2)cc1. The van der Waals surface area contributed by atoms with Gasteiger partial charge < -0.3 is 20.7 Å². The van der Waals surface area contributed by atoms with Crippen LogP contribution in [0.3, 0.4) is 0 Å². The number of aromatic nitrogens is 2. The molecule has 0 spiro atoms. The standard InChI is InChI=1S/C21H22ClN5O3S2/c1-13-16(22)4-3-5-17(13)24-20-25-26-21(32-20)31-12-19(29)27(11-10-18(23)28)14-6-8-15(30-2)9-7-14/h3-9H,10-12H2,1-2H3,(H2,23,28)(H,24,25). The van der Waals surface area contributed by atoms with Crippen LogP contribution >= 0.6 is 34.7 Å². The van der Waals surface area contributed by atoms with Gasteiger partial charge in [-0.1, -0.05) is 40.8 Å². The smallest absolute Gasteiger partial charge is 0.237 e. The first-order chi connectivity index (χ1) is 15.4. The Balaban J connectivity index is 1.65. The van der Waals surface area contributed by atoms with Crippen molar-refractivity contribution in [1.29, 1.82) is 0 Å². The summed E-state index contributed by atoms with van der Waals surface area (Å²) in [5.74, 6) is 0.168. The number of hydrogen-bond donors (Lipinski definition) is 2. The summed E-state index contributed by atoms with van der Waals surface area (Å²) in [6.45, 7) is 2.11. The number of anilines is 3. The van der Waals surface area contributed by atoms with Crippen LogP contribution in [-0.4, -0.2) is 41.4 Å². The van der Waals surface area contributed by atoms with Crippen LogP contribution in [0.1, 0.15) is 12.0 Å². The Morgan fingerprint density at radius 3 is 2.66 bits per heavy atom. The van der Waals surface area contributed by atoms with E-state index in [4.69, 9.17) is 22.1 Å². The Labute approximate surface area is 199 Å². The van der Waals surface area contributed by atoms with Gasteiger partial charge in [-0.2, -0.15) is 0 Å². The summed E-state index contributed by atoms with van der Waals surface area (Å²) < 4.78 is 5.81. The highest BCUT2D eigenvalue weighted by Crippen LogP contribution is 2.31. The van der Waals surface area contributed by atoms with Gasteiger partial charge in [-0.05, 0) is 48.9 Å². The summed E-state index contributed by atoms with van der Waals surface area (Å²) in [6.07, 6.45) is 0.0638. The number of benzene rings is 2. The number of nitrogens with one attached hydrogen (secondary N) is 1. The lowest BCUT2D eigenvalue weighted by Crippen LogP contribution is -2.35. The highest BCUT2D eigenvalue weighted by Gasteiger charge is 2.18. The second kappa shape index (κ2) is 11.2. The summed E-state index contributed by atoms with van der Waals surface area (Å²) in [6, 6.07) is 12.6. The van der Waals surface area contributed by atoms with Crippen molar-refractivity contribution in [2.75, 3.05) is 29.6 Å². The van der Waals surface area contributed by atoms with Gasteiger partial charge in [-0.15, -0.1) is 10.2 Å². The molecule has 0 saturated carbocycles. The summed E-state index contributed by atoms with van der Waals surface area (Å²) in [5, 5.41) is 12.7. The number of nitrogens with zero attached hydrogens (tertiary/aromatic N) is 3. The molecule has 0 saturated heterocycles. The van der Waals surface area contributed by atoms with Crippen LogP contribution in [0.4, 0.5) is 16.5 Å². The molecule has 168 valence electrons. The molecule has 8 nitrogen and oxygen atoms in total. The minimum Gasteiger partial charge on any atom is -0.497 e. The first-order valence-corrected chi connectivity index (χ1v) is 11.8. The topological polar surface area (TPSA) is 110 Å². The van der Waals surface area contributed by atoms with Crippen molar-refractivity contribution in [1.82, 2.24) is 10.2 Å². The summed E-state index contributed by atoms with van der Waals surface area (Å²) in [4.78, 5) is 25.7. The van der Waals surface area contributed by atoms with Crippen LogP contribution < -0.4 is 20.7 Å². The zero-order chi connectivity index (χ0) is 23.1. The molecule has 0 radical (unpaired) electrons. The van der Waals surface area contributed by atoms with Crippen LogP contribution in [0.25, 0.3) is 0 Å². The van der Waals surface area contributed by atoms with E-state index >= 15 is 0 Å². The maximum atomic E-state index is 12.9. The average molecular weight is 492 g/mol. The molecule has 0 aliphatic heterocycles. The Morgan fingerprint density at radius 2 is 1.97 bits per heavy atom. The van der Waals surface area contributed by atoms with E-state index in [1.54, 1.807) is 31.4 Å². The Morgan fingerprint density at radius 1 is 1.22 bits per heavy atom. The predicted molar refractivity (Wildman–Crippen MR) is 129 cm³/mol. The summed E-state index contributed by atoms with van der Waals surface area (Å²) in [5.41, 5.74) is 7.70. The number of amides is 2. The molecule has 0 fully saturated rings. The third-order valence-electron chi connectivity index (χ3n) is 4.50. The fourth-order valence-corrected chi connectivity index (χ4v) is 4.57. The van der Waals surface area contributed by atoms with Gasteiger partial charge in [0.2, 0.25) is 16.9 Å². The molecular weight excluding hydrogens is 470 g/mol. The van der Waals surface area contributed by atoms with Gasteiger partial charge in [0.15, 0.2) is 4.34 Å². The van der Waals surface area contributed by atoms with E-state index in [9.17, 15) is 9.59 Å². The minimum absolute atomic E-state index is 0.0638. The zero-order valence-corrected chi connectivity index (χ0v) is 19.9. The van der Waals surface area contributed by atoms with Gasteiger partial charge in [-0.3, -0.25) is 9.59 Å². The molecule has 3 aromatic rings. The zero-order valence-electron chi connectivity index (χ0n) is 17.5. The van der Waals surface area contributed by atoms with Gasteiger partial charge >= 0.3 is 0 Å². The van der Waals surface area contributed by atoms with E-state index in [2.05, 4.69) is 15.5 Å². The summed E-state index contributed by atoms with van der Waals surface area (Å²) in [7, 11) is 1.57. The van der Waals surface area contributed by atoms with Crippen molar-refractivity contribution in [3.63, 3.8) is 0 Å². The van der Waals surface area contributed by atoms with Gasteiger partial charge in [0, 0.05) is 29.4 Å². The molecule has 0 bridgehead atoms. The highest BCUT2D eigenvalue weighted by atomic mass is 35.5. The van der Waals surface area contributed by atoms with Crippen LogP contribution in [0, 0.1) is 6.92 Å². The Bertz CT molecular complexity index is 1090. The molecule has 0 aliphatic carbocycles. The maximum Gasteiger partial charge on any atom is 0.237 e. The molecule has 11 heteroatoms. The predicted octanol–water partition coefficient (Wildman–Crippen LogP) is 4.25. The molecule has 1 aromatic heterocycles. The lowest BCUT2D eigenvalue weighted by molar-refractivity contribution is -0.118. The van der Waals surface area contributed by atoms with Gasteiger partial charge in [0.05, 0.1) is 12.9 Å². The van der Waals surface area contributed by atoms with Gasteiger partial charge in [0.1, 0.15) is 5.75 Å². The fourth-order valence-electron chi connectivity index (χ4n) is 2.76. The van der Waals surface area contributed by atoms with Crippen molar-refractivity contribution in [2.45, 2.75) is 17.7 Å². The number of methoxy groups -OCH3 is 1. The number of ether oxygens (including phenoxy) is 1. The molecule has 1 heterocycles. The van der Waals surface area contributed by atoms with Crippen molar-refractivity contribution in [3.05, 3.63) is 53.1 Å². The average Bonchev–Trinajstić information content (AvgIpc) is 3.23. The molecule has 0 atom stereocenters. The maximum absolute atomic E-state index is 12.9. The number of hydrogen-bond acceptors (Lipinski definition) is 8. The second-order valence-corrected chi connectivity index (χ2v) is 9.27. The van der Waals surface area contributed by atoms with Crippen molar-refractivity contribution >= 4 is 63.0 Å². The molecular formula is C21H22ClN5O3S2. The highest BCUT2D eigenvalue weighted by molar-refractivity contribution is 8.01. The van der Waals surface area contributed by atoms with Gasteiger partial charge in [-0.25, -0.2) is 0 Å². The van der Waals surface area contributed by atoms with E-state index in [1.807, 2.05) is 25.1 Å². The molecule has 3 N–H and O–H groups in total. The Hall–Kier alpha value is -2.82.